The van der Waals surface area contributed by atoms with E-state index in [0.29, 0.717) is 0 Å². The zero-order chi connectivity index (χ0) is 12.7. The molecule has 3 nitrogen and oxygen atoms in total. The Kier molecular flexibility index (Phi) is 2.40. The molecule has 1 heterocycles. The van der Waals surface area contributed by atoms with Gasteiger partial charge in [-0.2, -0.15) is 0 Å². The van der Waals surface area contributed by atoms with Gasteiger partial charge in [-0.05, 0) is 25.1 Å². The number of rotatable bonds is 2. The van der Waals surface area contributed by atoms with Crippen LogP contribution in [0.4, 0.5) is 11.4 Å². The molecule has 0 radical (unpaired) electrons. The van der Waals surface area contributed by atoms with Crippen LogP contribution in [0.2, 0.25) is 0 Å². The van der Waals surface area contributed by atoms with Crippen molar-refractivity contribution in [3.8, 4) is 0 Å². The molecule has 3 aromatic rings. The maximum atomic E-state index is 6.16. The Morgan fingerprint density at radius 1 is 1.17 bits per heavy atom. The Hall–Kier alpha value is -2.16. The van der Waals surface area contributed by atoms with Crippen molar-refractivity contribution in [3.05, 3.63) is 36.4 Å². The third kappa shape index (κ3) is 1.37. The van der Waals surface area contributed by atoms with E-state index in [1.165, 1.54) is 16.4 Å². The second-order valence-electron chi connectivity index (χ2n) is 4.53. The first-order chi connectivity index (χ1) is 8.74. The number of aryl methyl sites for hydroxylation is 1. The Bertz CT molecular complexity index is 725. The average Bonchev–Trinajstić information content (AvgIpc) is 2.69. The molecule has 0 aliphatic heterocycles. The molecule has 1 aromatic heterocycles. The van der Waals surface area contributed by atoms with Gasteiger partial charge in [0.1, 0.15) is 0 Å². The monoisotopic (exact) mass is 239 g/mol. The molecule has 0 fully saturated rings. The van der Waals surface area contributed by atoms with Gasteiger partial charge in [0.15, 0.2) is 0 Å². The number of nitrogens with two attached hydrogens (primary N) is 1. The summed E-state index contributed by atoms with van der Waals surface area (Å²) in [6, 6.07) is 12.4. The third-order valence-electron chi connectivity index (χ3n) is 3.45. The van der Waals surface area contributed by atoms with E-state index in [4.69, 9.17) is 5.73 Å². The minimum Gasteiger partial charge on any atom is -0.398 e. The van der Waals surface area contributed by atoms with Crippen LogP contribution < -0.4 is 11.1 Å². The van der Waals surface area contributed by atoms with E-state index >= 15 is 0 Å². The van der Waals surface area contributed by atoms with E-state index < -0.39 is 0 Å². The molecule has 3 rings (SSSR count). The molecule has 92 valence electrons. The second-order valence-corrected chi connectivity index (χ2v) is 4.53. The van der Waals surface area contributed by atoms with Crippen molar-refractivity contribution in [2.45, 2.75) is 6.92 Å². The van der Waals surface area contributed by atoms with Crippen molar-refractivity contribution in [3.63, 3.8) is 0 Å². The van der Waals surface area contributed by atoms with Crippen molar-refractivity contribution in [1.82, 2.24) is 4.57 Å². The summed E-state index contributed by atoms with van der Waals surface area (Å²) in [6.07, 6.45) is 0. The summed E-state index contributed by atoms with van der Waals surface area (Å²) in [5.41, 5.74) is 10.5. The molecule has 0 atom stereocenters. The van der Waals surface area contributed by atoms with Crippen molar-refractivity contribution in [2.75, 3.05) is 17.6 Å². The van der Waals surface area contributed by atoms with E-state index in [1.807, 2.05) is 6.07 Å². The fourth-order valence-electron chi connectivity index (χ4n) is 2.67. The van der Waals surface area contributed by atoms with Gasteiger partial charge in [-0.3, -0.25) is 0 Å². The maximum absolute atomic E-state index is 6.16. The molecule has 0 saturated heterocycles. The molecule has 3 N–H and O–H groups in total. The van der Waals surface area contributed by atoms with Gasteiger partial charge in [0.2, 0.25) is 0 Å². The van der Waals surface area contributed by atoms with E-state index in [1.54, 1.807) is 0 Å². The van der Waals surface area contributed by atoms with Gasteiger partial charge in [0.25, 0.3) is 0 Å². The zero-order valence-electron chi connectivity index (χ0n) is 10.7. The van der Waals surface area contributed by atoms with Crippen LogP contribution in [0.1, 0.15) is 6.92 Å². The highest BCUT2D eigenvalue weighted by Crippen LogP contribution is 2.36. The molecule has 2 aromatic carbocycles. The number of anilines is 2. The number of aromatic nitrogens is 1. The minimum absolute atomic E-state index is 0.837. The summed E-state index contributed by atoms with van der Waals surface area (Å²) >= 11 is 0. The first-order valence-electron chi connectivity index (χ1n) is 6.23. The number of fused-ring (bicyclic) bond motifs is 3. The van der Waals surface area contributed by atoms with Crippen molar-refractivity contribution < 1.29 is 0 Å². The van der Waals surface area contributed by atoms with Crippen molar-refractivity contribution >= 4 is 33.2 Å². The average molecular weight is 239 g/mol. The number of para-hydroxylation sites is 1. The quantitative estimate of drug-likeness (QED) is 0.673. The van der Waals surface area contributed by atoms with E-state index in [9.17, 15) is 0 Å². The van der Waals surface area contributed by atoms with Gasteiger partial charge in [-0.1, -0.05) is 18.2 Å². The lowest BCUT2D eigenvalue weighted by atomic mass is 10.1. The minimum atomic E-state index is 0.837. The van der Waals surface area contributed by atoms with Crippen LogP contribution in [-0.2, 0) is 7.05 Å². The largest absolute Gasteiger partial charge is 0.398 e. The van der Waals surface area contributed by atoms with Crippen LogP contribution in [0.15, 0.2) is 36.4 Å². The van der Waals surface area contributed by atoms with Crippen LogP contribution in [0.5, 0.6) is 0 Å². The lowest BCUT2D eigenvalue weighted by molar-refractivity contribution is 1.01. The van der Waals surface area contributed by atoms with Gasteiger partial charge in [0.05, 0.1) is 11.2 Å². The van der Waals surface area contributed by atoms with Crippen LogP contribution in [-0.4, -0.2) is 11.1 Å². The summed E-state index contributed by atoms with van der Waals surface area (Å²) in [6.45, 7) is 3.01. The summed E-state index contributed by atoms with van der Waals surface area (Å²) in [4.78, 5) is 0. The molecule has 0 aliphatic carbocycles. The summed E-state index contributed by atoms with van der Waals surface area (Å²) in [5, 5.41) is 5.76. The lowest BCUT2D eigenvalue weighted by Crippen LogP contribution is -2.00. The Morgan fingerprint density at radius 3 is 2.72 bits per heavy atom. The highest BCUT2D eigenvalue weighted by molar-refractivity contribution is 6.17. The first kappa shape index (κ1) is 11.0. The molecular weight excluding hydrogens is 222 g/mol. The molecule has 0 saturated carbocycles. The zero-order valence-corrected chi connectivity index (χ0v) is 10.7. The van der Waals surface area contributed by atoms with Gasteiger partial charge in [-0.15, -0.1) is 0 Å². The molecule has 3 heteroatoms. The van der Waals surface area contributed by atoms with E-state index in [-0.39, 0.29) is 0 Å². The molecule has 0 amide bonds. The number of nitrogens with zero attached hydrogens (tertiary/aromatic N) is 1. The van der Waals surface area contributed by atoms with Gasteiger partial charge >= 0.3 is 0 Å². The number of nitrogen functional groups attached to an aromatic ring is 1. The molecule has 0 aliphatic rings. The standard InChI is InChI=1S/C15H17N3/c1-3-17-12-9-8-11(16)14-10-6-4-5-7-13(10)18(2)15(12)14/h4-9,17H,3,16H2,1-2H3. The SMILES string of the molecule is CCNc1ccc(N)c2c3ccccc3n(C)c12. The second kappa shape index (κ2) is 3.95. The van der Waals surface area contributed by atoms with Gasteiger partial charge < -0.3 is 15.6 Å². The Labute approximate surface area is 106 Å². The fraction of sp³-hybridized carbons (Fsp3) is 0.200. The number of benzene rings is 2. The van der Waals surface area contributed by atoms with Crippen LogP contribution in [0, 0.1) is 0 Å². The third-order valence-corrected chi connectivity index (χ3v) is 3.45. The van der Waals surface area contributed by atoms with Crippen LogP contribution in [0.3, 0.4) is 0 Å². The lowest BCUT2D eigenvalue weighted by Gasteiger charge is -2.09. The number of nitrogens with one attached hydrogen (secondary N) is 1. The van der Waals surface area contributed by atoms with Crippen molar-refractivity contribution in [2.24, 2.45) is 7.05 Å². The molecule has 0 bridgehead atoms. The summed E-state index contributed by atoms with van der Waals surface area (Å²) in [7, 11) is 2.09. The summed E-state index contributed by atoms with van der Waals surface area (Å²) in [5.74, 6) is 0. The predicted octanol–water partition coefficient (Wildman–Crippen LogP) is 3.35. The predicted molar refractivity (Wildman–Crippen MR) is 79.0 cm³/mol. The molecule has 0 unspecified atom stereocenters. The fourth-order valence-corrected chi connectivity index (χ4v) is 2.67. The maximum Gasteiger partial charge on any atom is 0.0745 e. The smallest absolute Gasteiger partial charge is 0.0745 e. The molecular formula is C15H17N3. The van der Waals surface area contributed by atoms with Gasteiger partial charge in [-0.25, -0.2) is 0 Å². The normalized spacial score (nSPS) is 11.2. The Morgan fingerprint density at radius 2 is 1.94 bits per heavy atom. The number of hydrogen-bond donors (Lipinski definition) is 2. The first-order valence-corrected chi connectivity index (χ1v) is 6.23. The van der Waals surface area contributed by atoms with Crippen LogP contribution in [0.25, 0.3) is 21.8 Å². The molecule has 0 spiro atoms. The highest BCUT2D eigenvalue weighted by Gasteiger charge is 2.13. The molecule has 18 heavy (non-hydrogen) atoms. The topological polar surface area (TPSA) is 43.0 Å². The number of hydrogen-bond acceptors (Lipinski definition) is 2. The van der Waals surface area contributed by atoms with Crippen molar-refractivity contribution in [1.29, 1.82) is 0 Å². The van der Waals surface area contributed by atoms with Gasteiger partial charge in [0, 0.05) is 35.6 Å². The van der Waals surface area contributed by atoms with E-state index in [2.05, 4.69) is 54.2 Å². The van der Waals surface area contributed by atoms with Crippen LogP contribution >= 0.6 is 0 Å². The Balaban J connectivity index is 2.53. The summed E-state index contributed by atoms with van der Waals surface area (Å²) < 4.78 is 2.21. The highest BCUT2D eigenvalue weighted by atomic mass is 15.0. The van der Waals surface area contributed by atoms with E-state index in [0.717, 1.165) is 23.3 Å².